The van der Waals surface area contributed by atoms with Gasteiger partial charge in [0.15, 0.2) is 0 Å². The third kappa shape index (κ3) is 2.26. The highest BCUT2D eigenvalue weighted by molar-refractivity contribution is 5.85. The van der Waals surface area contributed by atoms with Gasteiger partial charge in [0.2, 0.25) is 0 Å². The Morgan fingerprint density at radius 2 is 2.12 bits per heavy atom. The van der Waals surface area contributed by atoms with Gasteiger partial charge in [0, 0.05) is 6.04 Å². The van der Waals surface area contributed by atoms with Crippen molar-refractivity contribution in [3.05, 3.63) is 18.2 Å². The second-order valence-electron chi connectivity index (χ2n) is 4.57. The third-order valence-electron chi connectivity index (χ3n) is 3.25. The molecule has 0 radical (unpaired) electrons. The van der Waals surface area contributed by atoms with Crippen LogP contribution in [-0.4, -0.2) is 16.5 Å². The molecule has 1 aliphatic rings. The average Bonchev–Trinajstić information content (AvgIpc) is 2.60. The second-order valence-corrected chi connectivity index (χ2v) is 4.57. The molecule has 0 spiro atoms. The van der Waals surface area contributed by atoms with Crippen LogP contribution < -0.4 is 9.67 Å². The summed E-state index contributed by atoms with van der Waals surface area (Å²) in [6, 6.07) is 0.246. The van der Waals surface area contributed by atoms with Gasteiger partial charge >= 0.3 is 0 Å². The molecule has 0 atom stereocenters. The van der Waals surface area contributed by atoms with Crippen LogP contribution in [0, 0.1) is 0 Å². The molecule has 1 heterocycles. The van der Waals surface area contributed by atoms with Gasteiger partial charge in [0.1, 0.15) is 12.4 Å². The van der Waals surface area contributed by atoms with Crippen LogP contribution in [0.4, 0.5) is 0 Å². The van der Waals surface area contributed by atoms with Crippen molar-refractivity contribution < 1.29 is 9.67 Å². The van der Waals surface area contributed by atoms with Gasteiger partial charge in [-0.3, -0.25) is 4.99 Å². The molecule has 1 saturated carbocycles. The van der Waals surface area contributed by atoms with Crippen molar-refractivity contribution in [2.24, 2.45) is 19.1 Å². The second kappa shape index (κ2) is 4.68. The van der Waals surface area contributed by atoms with Crippen LogP contribution in [0.15, 0.2) is 17.4 Å². The van der Waals surface area contributed by atoms with Crippen molar-refractivity contribution in [2.75, 3.05) is 0 Å². The molecule has 4 nitrogen and oxygen atoms in total. The smallest absolute Gasteiger partial charge is 0.291 e. The molecule has 1 aliphatic carbocycles. The lowest BCUT2D eigenvalue weighted by Gasteiger charge is -2.20. The summed E-state index contributed by atoms with van der Waals surface area (Å²) in [6.07, 6.45) is 9.60. The molecule has 88 valence electrons. The zero-order chi connectivity index (χ0) is 11.5. The Morgan fingerprint density at radius 3 is 2.69 bits per heavy atom. The maximum Gasteiger partial charge on any atom is 0.291 e. The van der Waals surface area contributed by atoms with E-state index < -0.39 is 0 Å². The minimum absolute atomic E-state index is 0.0816. The number of aryl methyl sites for hydroxylation is 2. The van der Waals surface area contributed by atoms with E-state index in [1.165, 1.54) is 19.3 Å². The van der Waals surface area contributed by atoms with E-state index in [9.17, 15) is 5.11 Å². The summed E-state index contributed by atoms with van der Waals surface area (Å²) in [5.41, 5.74) is 0. The van der Waals surface area contributed by atoms with Gasteiger partial charge in [-0.05, 0) is 12.8 Å². The number of hydrogen-bond acceptors (Lipinski definition) is 2. The number of imidazole rings is 1. The minimum Gasteiger partial charge on any atom is -0.853 e. The zero-order valence-electron chi connectivity index (χ0n) is 10.0. The van der Waals surface area contributed by atoms with Gasteiger partial charge in [-0.25, -0.2) is 9.13 Å². The molecule has 0 aliphatic heterocycles. The first-order valence-electron chi connectivity index (χ1n) is 5.94. The lowest BCUT2D eigenvalue weighted by atomic mass is 9.96. The van der Waals surface area contributed by atoms with Crippen molar-refractivity contribution in [1.29, 1.82) is 0 Å². The SMILES string of the molecule is Cn1cc[n+](C)c1C([O-])=NC1CCCCC1. The first-order valence-corrected chi connectivity index (χ1v) is 5.94. The number of nitrogens with zero attached hydrogens (tertiary/aromatic N) is 3. The van der Waals surface area contributed by atoms with Crippen molar-refractivity contribution in [1.82, 2.24) is 4.57 Å². The lowest BCUT2D eigenvalue weighted by molar-refractivity contribution is -0.674. The summed E-state index contributed by atoms with van der Waals surface area (Å²) in [6.45, 7) is 0. The van der Waals surface area contributed by atoms with E-state index >= 15 is 0 Å². The topological polar surface area (TPSA) is 44.2 Å². The van der Waals surface area contributed by atoms with Crippen LogP contribution >= 0.6 is 0 Å². The monoisotopic (exact) mass is 221 g/mol. The van der Waals surface area contributed by atoms with Crippen LogP contribution in [0.2, 0.25) is 0 Å². The molecular weight excluding hydrogens is 202 g/mol. The average molecular weight is 221 g/mol. The van der Waals surface area contributed by atoms with E-state index in [4.69, 9.17) is 0 Å². The highest BCUT2D eigenvalue weighted by Gasteiger charge is 2.15. The van der Waals surface area contributed by atoms with Gasteiger partial charge in [0.05, 0.1) is 20.0 Å². The van der Waals surface area contributed by atoms with E-state index in [0.29, 0.717) is 5.82 Å². The summed E-state index contributed by atoms with van der Waals surface area (Å²) >= 11 is 0. The highest BCUT2D eigenvalue weighted by Crippen LogP contribution is 2.20. The Labute approximate surface area is 96.2 Å². The van der Waals surface area contributed by atoms with Crippen LogP contribution in [0.5, 0.6) is 0 Å². The van der Waals surface area contributed by atoms with Gasteiger partial charge < -0.3 is 5.11 Å². The molecule has 0 unspecified atom stereocenters. The van der Waals surface area contributed by atoms with Crippen molar-refractivity contribution in [2.45, 2.75) is 38.1 Å². The van der Waals surface area contributed by atoms with Gasteiger partial charge in [-0.2, -0.15) is 0 Å². The van der Waals surface area contributed by atoms with Crippen molar-refractivity contribution >= 4 is 5.90 Å². The van der Waals surface area contributed by atoms with E-state index in [-0.39, 0.29) is 11.9 Å². The predicted molar refractivity (Wildman–Crippen MR) is 60.0 cm³/mol. The van der Waals surface area contributed by atoms with Crippen LogP contribution in [0.25, 0.3) is 0 Å². The first kappa shape index (κ1) is 11.2. The highest BCUT2D eigenvalue weighted by atomic mass is 16.3. The molecule has 0 aromatic carbocycles. The maximum atomic E-state index is 12.0. The number of rotatable bonds is 2. The Balaban J connectivity index is 2.17. The summed E-state index contributed by atoms with van der Waals surface area (Å²) in [4.78, 5) is 4.32. The standard InChI is InChI=1S/C12H19N3O/c1-14-8-9-15(2)12(14)11(16)13-10-6-4-3-5-7-10/h8-10H,3-7H2,1-2H3. The molecular formula is C12H19N3O. The summed E-state index contributed by atoms with van der Waals surface area (Å²) in [7, 11) is 3.76. The third-order valence-corrected chi connectivity index (χ3v) is 3.25. The van der Waals surface area contributed by atoms with Crippen LogP contribution in [0.3, 0.4) is 0 Å². The van der Waals surface area contributed by atoms with Crippen LogP contribution in [-0.2, 0) is 14.1 Å². The molecule has 4 heteroatoms. The molecule has 0 N–H and O–H groups in total. The molecule has 0 amide bonds. The predicted octanol–water partition coefficient (Wildman–Crippen LogP) is 0.289. The quantitative estimate of drug-likeness (QED) is 0.402. The Bertz CT molecular complexity index is 369. The normalized spacial score (nSPS) is 19.0. The van der Waals surface area contributed by atoms with E-state index in [2.05, 4.69) is 4.99 Å². The fourth-order valence-electron chi connectivity index (χ4n) is 2.33. The number of aromatic nitrogens is 2. The molecule has 0 bridgehead atoms. The molecule has 2 rings (SSSR count). The Hall–Kier alpha value is -1.32. The number of aliphatic imine (C=N–C) groups is 1. The van der Waals surface area contributed by atoms with Crippen LogP contribution in [0.1, 0.15) is 37.9 Å². The van der Waals surface area contributed by atoms with Crippen molar-refractivity contribution in [3.63, 3.8) is 0 Å². The molecule has 16 heavy (non-hydrogen) atoms. The fourth-order valence-corrected chi connectivity index (χ4v) is 2.33. The minimum atomic E-state index is -0.0816. The molecule has 1 aromatic rings. The van der Waals surface area contributed by atoms with E-state index in [0.717, 1.165) is 12.8 Å². The molecule has 0 saturated heterocycles. The van der Waals surface area contributed by atoms with Gasteiger partial charge in [-0.15, -0.1) is 0 Å². The summed E-state index contributed by atoms with van der Waals surface area (Å²) in [5, 5.41) is 12.0. The Morgan fingerprint density at radius 1 is 1.44 bits per heavy atom. The largest absolute Gasteiger partial charge is 0.853 e. The van der Waals surface area contributed by atoms with Gasteiger partial charge in [-0.1, -0.05) is 19.3 Å². The van der Waals surface area contributed by atoms with E-state index in [1.807, 2.05) is 35.6 Å². The summed E-state index contributed by atoms with van der Waals surface area (Å²) < 4.78 is 3.66. The Kier molecular flexibility index (Phi) is 3.27. The maximum absolute atomic E-state index is 12.0. The first-order chi connectivity index (χ1) is 7.68. The van der Waals surface area contributed by atoms with E-state index in [1.54, 1.807) is 0 Å². The molecule has 1 fully saturated rings. The van der Waals surface area contributed by atoms with Gasteiger partial charge in [0.25, 0.3) is 5.82 Å². The summed E-state index contributed by atoms with van der Waals surface area (Å²) in [5.74, 6) is 0.576. The lowest BCUT2D eigenvalue weighted by Crippen LogP contribution is -2.40. The van der Waals surface area contributed by atoms with Crippen molar-refractivity contribution in [3.8, 4) is 0 Å². The number of hydrogen-bond donors (Lipinski definition) is 0. The zero-order valence-corrected chi connectivity index (χ0v) is 10.0. The molecule has 1 aromatic heterocycles. The fraction of sp³-hybridized carbons (Fsp3) is 0.667.